The van der Waals surface area contributed by atoms with E-state index < -0.39 is 0 Å². The summed E-state index contributed by atoms with van der Waals surface area (Å²) in [5.74, 6) is 5.69. The Morgan fingerprint density at radius 3 is 2.89 bits per heavy atom. The second-order valence-corrected chi connectivity index (χ2v) is 4.36. The molecule has 0 heterocycles. The first-order chi connectivity index (χ1) is 9.11. The van der Waals surface area contributed by atoms with Crippen LogP contribution < -0.4 is 10.8 Å². The van der Waals surface area contributed by atoms with Crippen molar-refractivity contribution in [1.29, 1.82) is 0 Å². The van der Waals surface area contributed by atoms with Gasteiger partial charge >= 0.3 is 0 Å². The van der Waals surface area contributed by atoms with Gasteiger partial charge in [-0.15, -0.1) is 0 Å². The molecule has 4 heteroatoms. The fraction of sp³-hybridized carbons (Fsp3) is 0.267. The third-order valence-corrected chi connectivity index (χ3v) is 2.83. The molecule has 0 bridgehead atoms. The van der Waals surface area contributed by atoms with Crippen molar-refractivity contribution < 1.29 is 9.53 Å². The van der Waals surface area contributed by atoms with Gasteiger partial charge in [0.2, 0.25) is 0 Å². The van der Waals surface area contributed by atoms with E-state index in [1.807, 2.05) is 13.0 Å². The summed E-state index contributed by atoms with van der Waals surface area (Å²) in [6, 6.07) is 3.43. The first-order valence-electron chi connectivity index (χ1n) is 6.00. The minimum atomic E-state index is -0.148. The molecule has 0 unspecified atom stereocenters. The Bertz CT molecular complexity index is 609. The summed E-state index contributed by atoms with van der Waals surface area (Å²) in [5, 5.41) is 2.81. The van der Waals surface area contributed by atoms with Crippen molar-refractivity contribution in [2.45, 2.75) is 13.3 Å². The second kappa shape index (κ2) is 5.77. The molecule has 0 aliphatic heterocycles. The molecule has 0 saturated heterocycles. The van der Waals surface area contributed by atoms with Gasteiger partial charge in [0.05, 0.1) is 0 Å². The number of ether oxygens (including phenoxy) is 1. The zero-order chi connectivity index (χ0) is 13.8. The number of nitrogens with one attached hydrogen (secondary N) is 1. The average molecular weight is 251 g/mol. The zero-order valence-corrected chi connectivity index (χ0v) is 11.0. The molecule has 2 radical (unpaired) electrons. The number of benzene rings is 1. The molecule has 3 nitrogen and oxygen atoms in total. The first-order valence-corrected chi connectivity index (χ1v) is 6.00. The highest BCUT2D eigenvalue weighted by Gasteiger charge is 2.14. The summed E-state index contributed by atoms with van der Waals surface area (Å²) in [6.07, 6.45) is 2.81. The summed E-state index contributed by atoms with van der Waals surface area (Å²) >= 11 is 0. The van der Waals surface area contributed by atoms with Crippen LogP contribution in [0, 0.1) is 18.8 Å². The predicted octanol–water partition coefficient (Wildman–Crippen LogP) is 0.804. The fourth-order valence-corrected chi connectivity index (χ4v) is 1.57. The van der Waals surface area contributed by atoms with Crippen LogP contribution in [0.25, 0.3) is 0 Å². The van der Waals surface area contributed by atoms with Gasteiger partial charge in [-0.3, -0.25) is 4.79 Å². The van der Waals surface area contributed by atoms with E-state index >= 15 is 0 Å². The van der Waals surface area contributed by atoms with Gasteiger partial charge < -0.3 is 10.1 Å². The molecule has 94 valence electrons. The maximum Gasteiger partial charge on any atom is 0.255 e. The van der Waals surface area contributed by atoms with Crippen LogP contribution in [-0.4, -0.2) is 27.5 Å². The number of hydrogen-bond acceptors (Lipinski definition) is 2. The van der Waals surface area contributed by atoms with Crippen LogP contribution in [0.15, 0.2) is 23.9 Å². The van der Waals surface area contributed by atoms with Gasteiger partial charge in [-0.05, 0) is 18.6 Å². The van der Waals surface area contributed by atoms with Crippen LogP contribution in [-0.2, 0) is 4.74 Å². The van der Waals surface area contributed by atoms with Gasteiger partial charge in [-0.1, -0.05) is 29.4 Å². The molecule has 1 aromatic rings. The molecule has 1 aliphatic carbocycles. The van der Waals surface area contributed by atoms with Crippen molar-refractivity contribution in [1.82, 2.24) is 5.32 Å². The molecule has 1 aliphatic rings. The second-order valence-electron chi connectivity index (χ2n) is 4.36. The van der Waals surface area contributed by atoms with Crippen molar-refractivity contribution in [3.8, 4) is 11.8 Å². The standard InChI is InChI=1S/C15H14BNO2/c1-10-11(4-3-7-19-2)8-12(9-14(10)16)15(18)17-13-5-6-13/h5,8-9H,6-7H2,1-2H3,(H,17,18). The Balaban J connectivity index is 2.27. The van der Waals surface area contributed by atoms with Gasteiger partial charge in [-0.2, -0.15) is 0 Å². The number of hydrogen-bond donors (Lipinski definition) is 1. The zero-order valence-electron chi connectivity index (χ0n) is 11.0. The van der Waals surface area contributed by atoms with E-state index in [-0.39, 0.29) is 5.91 Å². The number of methoxy groups -OCH3 is 1. The number of amides is 1. The maximum absolute atomic E-state index is 12.0. The molecular formula is C15H14BNO2. The molecule has 0 spiro atoms. The Morgan fingerprint density at radius 1 is 1.53 bits per heavy atom. The molecule has 0 aromatic heterocycles. The van der Waals surface area contributed by atoms with Gasteiger partial charge in [0.15, 0.2) is 0 Å². The average Bonchev–Trinajstić information content (AvgIpc) is 3.18. The van der Waals surface area contributed by atoms with Gasteiger partial charge in [0, 0.05) is 30.4 Å². The molecule has 2 rings (SSSR count). The third-order valence-electron chi connectivity index (χ3n) is 2.83. The van der Waals surface area contributed by atoms with Crippen LogP contribution in [0.4, 0.5) is 0 Å². The first kappa shape index (κ1) is 13.4. The summed E-state index contributed by atoms with van der Waals surface area (Å²) < 4.78 is 4.88. The van der Waals surface area contributed by atoms with Gasteiger partial charge in [0.25, 0.3) is 5.91 Å². The van der Waals surface area contributed by atoms with Crippen molar-refractivity contribution >= 4 is 19.2 Å². The number of carbonyl (C=O) groups is 1. The van der Waals surface area contributed by atoms with Crippen LogP contribution in [0.1, 0.15) is 27.9 Å². The van der Waals surface area contributed by atoms with Crippen LogP contribution in [0.2, 0.25) is 0 Å². The molecule has 1 amide bonds. The quantitative estimate of drug-likeness (QED) is 0.637. The van der Waals surface area contributed by atoms with E-state index in [1.54, 1.807) is 19.2 Å². The normalized spacial score (nSPS) is 12.2. The lowest BCUT2D eigenvalue weighted by Gasteiger charge is -2.08. The molecule has 0 fully saturated rings. The smallest absolute Gasteiger partial charge is 0.255 e. The monoisotopic (exact) mass is 251 g/mol. The molecule has 0 atom stereocenters. The number of rotatable bonds is 3. The minimum Gasteiger partial charge on any atom is -0.372 e. The van der Waals surface area contributed by atoms with E-state index in [0.717, 1.165) is 23.2 Å². The Kier molecular flexibility index (Phi) is 4.08. The lowest BCUT2D eigenvalue weighted by molar-refractivity contribution is 0.0967. The van der Waals surface area contributed by atoms with E-state index in [4.69, 9.17) is 12.6 Å². The summed E-state index contributed by atoms with van der Waals surface area (Å²) in [4.78, 5) is 12.0. The van der Waals surface area contributed by atoms with E-state index in [2.05, 4.69) is 17.2 Å². The summed E-state index contributed by atoms with van der Waals surface area (Å²) in [6.45, 7) is 2.24. The highest BCUT2D eigenvalue weighted by molar-refractivity contribution is 6.34. The van der Waals surface area contributed by atoms with Crippen molar-refractivity contribution in [2.75, 3.05) is 13.7 Å². The van der Waals surface area contributed by atoms with Crippen molar-refractivity contribution in [3.05, 3.63) is 40.6 Å². The number of allylic oxidation sites excluding steroid dienone is 2. The Morgan fingerprint density at radius 2 is 2.26 bits per heavy atom. The van der Waals surface area contributed by atoms with Gasteiger partial charge in [-0.25, -0.2) is 0 Å². The van der Waals surface area contributed by atoms with E-state index in [0.29, 0.717) is 17.6 Å². The lowest BCUT2D eigenvalue weighted by atomic mass is 9.86. The number of carbonyl (C=O) groups excluding carboxylic acids is 1. The van der Waals surface area contributed by atoms with Crippen LogP contribution >= 0.6 is 0 Å². The van der Waals surface area contributed by atoms with Crippen LogP contribution in [0.5, 0.6) is 0 Å². The topological polar surface area (TPSA) is 38.3 Å². The SMILES string of the molecule is [B]c1cc(C(=O)NC2=CC2)cc(C#CCOC)c1C. The Hall–Kier alpha value is -1.99. The molecule has 19 heavy (non-hydrogen) atoms. The molecular weight excluding hydrogens is 237 g/mol. The third kappa shape index (κ3) is 3.49. The summed E-state index contributed by atoms with van der Waals surface area (Å²) in [7, 11) is 7.50. The Labute approximate surface area is 114 Å². The van der Waals surface area contributed by atoms with Crippen LogP contribution in [0.3, 0.4) is 0 Å². The maximum atomic E-state index is 12.0. The van der Waals surface area contributed by atoms with Gasteiger partial charge in [0.1, 0.15) is 14.5 Å². The predicted molar refractivity (Wildman–Crippen MR) is 75.5 cm³/mol. The minimum absolute atomic E-state index is 0.148. The van der Waals surface area contributed by atoms with E-state index in [1.165, 1.54) is 0 Å². The molecule has 1 N–H and O–H groups in total. The molecule has 1 aromatic carbocycles. The highest BCUT2D eigenvalue weighted by atomic mass is 16.5. The fourth-order valence-electron chi connectivity index (χ4n) is 1.57. The molecule has 0 saturated carbocycles. The largest absolute Gasteiger partial charge is 0.372 e. The van der Waals surface area contributed by atoms with E-state index in [9.17, 15) is 4.79 Å². The van der Waals surface area contributed by atoms with Crippen molar-refractivity contribution in [3.63, 3.8) is 0 Å². The lowest BCUT2D eigenvalue weighted by Crippen LogP contribution is -2.22. The summed E-state index contributed by atoms with van der Waals surface area (Å²) in [5.41, 5.74) is 3.69. The van der Waals surface area contributed by atoms with Crippen molar-refractivity contribution in [2.24, 2.45) is 0 Å². The highest BCUT2D eigenvalue weighted by Crippen LogP contribution is 2.15.